The number of unbranched alkanes of at least 4 members (excludes halogenated alkanes) is 37. The second kappa shape index (κ2) is 67.1. The van der Waals surface area contributed by atoms with Crippen LogP contribution in [0.3, 0.4) is 0 Å². The molecule has 0 aromatic heterocycles. The van der Waals surface area contributed by atoms with Crippen LogP contribution >= 0.6 is 0 Å². The predicted octanol–water partition coefficient (Wildman–Crippen LogP) is 23.4. The topological polar surface area (TPSA) is 78.9 Å². The summed E-state index contributed by atoms with van der Waals surface area (Å²) in [7, 11) is 0. The van der Waals surface area contributed by atoms with Gasteiger partial charge in [-0.25, -0.2) is 0 Å². The van der Waals surface area contributed by atoms with Gasteiger partial charge in [0, 0.05) is 19.3 Å². The Morgan fingerprint density at radius 1 is 0.266 bits per heavy atom. The van der Waals surface area contributed by atoms with Crippen LogP contribution in [0.5, 0.6) is 0 Å². The number of carbonyl (C=O) groups is 3. The fraction of sp³-hybridized carbons (Fsp3) is 0.767. The molecule has 0 saturated heterocycles. The van der Waals surface area contributed by atoms with Gasteiger partial charge in [-0.05, 0) is 116 Å². The van der Waals surface area contributed by atoms with E-state index in [-0.39, 0.29) is 31.1 Å². The van der Waals surface area contributed by atoms with Crippen molar-refractivity contribution in [1.29, 1.82) is 0 Å². The number of allylic oxidation sites excluding steroid dienone is 14. The highest BCUT2D eigenvalue weighted by molar-refractivity contribution is 5.71. The van der Waals surface area contributed by atoms with Gasteiger partial charge in [0.1, 0.15) is 13.2 Å². The Bertz CT molecular complexity index is 1500. The molecule has 0 amide bonds. The summed E-state index contributed by atoms with van der Waals surface area (Å²) in [5, 5.41) is 0. The van der Waals surface area contributed by atoms with Crippen molar-refractivity contribution >= 4 is 17.9 Å². The lowest BCUT2D eigenvalue weighted by atomic mass is 10.0. The van der Waals surface area contributed by atoms with Gasteiger partial charge >= 0.3 is 17.9 Å². The number of ether oxygens (including phenoxy) is 3. The first-order valence-corrected chi connectivity index (χ1v) is 34.1. The molecule has 0 spiro atoms. The Kier molecular flexibility index (Phi) is 64.2. The molecule has 0 aliphatic heterocycles. The van der Waals surface area contributed by atoms with Crippen LogP contribution in [0.25, 0.3) is 0 Å². The lowest BCUT2D eigenvalue weighted by Crippen LogP contribution is -2.30. The average molecular weight is 1100 g/mol. The smallest absolute Gasteiger partial charge is 0.306 e. The molecule has 0 aromatic rings. The second-order valence-corrected chi connectivity index (χ2v) is 22.7. The molecule has 6 heteroatoms. The molecule has 1 atom stereocenters. The lowest BCUT2D eigenvalue weighted by Gasteiger charge is -2.18. The molecule has 0 aliphatic rings. The molecule has 0 radical (unpaired) electrons. The Morgan fingerprint density at radius 2 is 0.494 bits per heavy atom. The van der Waals surface area contributed by atoms with Gasteiger partial charge in [-0.2, -0.15) is 0 Å². The number of esters is 3. The quantitative estimate of drug-likeness (QED) is 0.0261. The van der Waals surface area contributed by atoms with Crippen LogP contribution < -0.4 is 0 Å². The molecule has 0 bridgehead atoms. The third kappa shape index (κ3) is 65.3. The van der Waals surface area contributed by atoms with Gasteiger partial charge in [-0.3, -0.25) is 14.4 Å². The number of rotatable bonds is 62. The SMILES string of the molecule is CC/C=C\C/C=C\C/C=C\CCCCCCCC(=O)OCC(COC(=O)CCCCCCCCCCCCCCCCC/C=C\C/C=C\CCCCCCC)OC(=O)CCCCCCCCCCC/C=C\C/C=C\CCCCC. The first-order chi connectivity index (χ1) is 39.0. The fourth-order valence-corrected chi connectivity index (χ4v) is 9.76. The van der Waals surface area contributed by atoms with E-state index in [1.165, 1.54) is 193 Å². The summed E-state index contributed by atoms with van der Waals surface area (Å²) >= 11 is 0. The maximum Gasteiger partial charge on any atom is 0.306 e. The molecule has 0 aromatic carbocycles. The van der Waals surface area contributed by atoms with Crippen molar-refractivity contribution in [2.24, 2.45) is 0 Å². The standard InChI is InChI=1S/C73H128O6/c1-4-7-10-13-16-19-22-25-28-30-32-33-34-35-36-37-38-39-41-42-45-48-51-54-57-60-63-66-72(75)78-69-70(68-77-71(74)65-62-59-56-53-50-47-44-27-24-21-18-15-12-9-6-3)79-73(76)67-64-61-58-55-52-49-46-43-40-31-29-26-23-20-17-14-11-8-5-2/h9,12,17-18,20-22,25-27,29-30,32,44,70H,4-8,10-11,13-16,19,23-24,28,31,33-43,45-69H2,1-3H3/b12-9-,20-17-,21-18-,25-22-,29-26-,32-30-,44-27-. The van der Waals surface area contributed by atoms with Crippen molar-refractivity contribution in [1.82, 2.24) is 0 Å². The van der Waals surface area contributed by atoms with E-state index in [1.54, 1.807) is 0 Å². The maximum absolute atomic E-state index is 12.9. The zero-order valence-corrected chi connectivity index (χ0v) is 52.4. The normalized spacial score (nSPS) is 12.6. The van der Waals surface area contributed by atoms with E-state index in [2.05, 4.69) is 106 Å². The largest absolute Gasteiger partial charge is 0.462 e. The summed E-state index contributed by atoms with van der Waals surface area (Å²) in [5.74, 6) is -0.889. The molecule has 0 heterocycles. The average Bonchev–Trinajstić information content (AvgIpc) is 3.45. The van der Waals surface area contributed by atoms with E-state index in [0.29, 0.717) is 19.3 Å². The van der Waals surface area contributed by atoms with E-state index in [4.69, 9.17) is 14.2 Å². The Balaban J connectivity index is 4.30. The van der Waals surface area contributed by atoms with E-state index >= 15 is 0 Å². The highest BCUT2D eigenvalue weighted by atomic mass is 16.6. The minimum absolute atomic E-state index is 0.0820. The molecule has 456 valence electrons. The van der Waals surface area contributed by atoms with Crippen molar-refractivity contribution in [3.63, 3.8) is 0 Å². The van der Waals surface area contributed by atoms with Crippen molar-refractivity contribution in [3.8, 4) is 0 Å². The second-order valence-electron chi connectivity index (χ2n) is 22.7. The number of hydrogen-bond acceptors (Lipinski definition) is 6. The van der Waals surface area contributed by atoms with E-state index < -0.39 is 6.10 Å². The molecule has 0 fully saturated rings. The summed E-state index contributed by atoms with van der Waals surface area (Å²) < 4.78 is 17.0. The summed E-state index contributed by atoms with van der Waals surface area (Å²) in [6.07, 6.45) is 88.9. The Labute approximate surface area is 490 Å². The van der Waals surface area contributed by atoms with Crippen LogP contribution in [0.4, 0.5) is 0 Å². The third-order valence-corrected chi connectivity index (χ3v) is 14.9. The molecule has 0 saturated carbocycles. The number of carbonyl (C=O) groups excluding carboxylic acids is 3. The molecule has 0 aliphatic carbocycles. The Hall–Kier alpha value is -3.41. The molecule has 79 heavy (non-hydrogen) atoms. The molecular weight excluding hydrogens is 973 g/mol. The van der Waals surface area contributed by atoms with Gasteiger partial charge in [0.05, 0.1) is 0 Å². The zero-order chi connectivity index (χ0) is 57.1. The fourth-order valence-electron chi connectivity index (χ4n) is 9.76. The first-order valence-electron chi connectivity index (χ1n) is 34.1. The molecule has 1 unspecified atom stereocenters. The van der Waals surface area contributed by atoms with Crippen LogP contribution in [0.15, 0.2) is 85.1 Å². The summed E-state index contributed by atoms with van der Waals surface area (Å²) in [6, 6.07) is 0. The van der Waals surface area contributed by atoms with Crippen LogP contribution in [0, 0.1) is 0 Å². The highest BCUT2D eigenvalue weighted by Gasteiger charge is 2.19. The third-order valence-electron chi connectivity index (χ3n) is 14.9. The minimum atomic E-state index is -0.788. The van der Waals surface area contributed by atoms with Gasteiger partial charge in [-0.1, -0.05) is 292 Å². The van der Waals surface area contributed by atoms with E-state index in [9.17, 15) is 14.4 Å². The lowest BCUT2D eigenvalue weighted by molar-refractivity contribution is -0.167. The number of hydrogen-bond donors (Lipinski definition) is 0. The van der Waals surface area contributed by atoms with E-state index in [1.807, 2.05) is 0 Å². The molecular formula is C73H128O6. The van der Waals surface area contributed by atoms with Crippen LogP contribution in [0.1, 0.15) is 342 Å². The highest BCUT2D eigenvalue weighted by Crippen LogP contribution is 2.17. The van der Waals surface area contributed by atoms with Crippen molar-refractivity contribution in [3.05, 3.63) is 85.1 Å². The Morgan fingerprint density at radius 3 is 0.797 bits per heavy atom. The van der Waals surface area contributed by atoms with Crippen molar-refractivity contribution in [2.45, 2.75) is 348 Å². The van der Waals surface area contributed by atoms with Gasteiger partial charge in [0.2, 0.25) is 0 Å². The summed E-state index contributed by atoms with van der Waals surface area (Å²) in [5.41, 5.74) is 0. The van der Waals surface area contributed by atoms with Crippen molar-refractivity contribution < 1.29 is 28.6 Å². The van der Waals surface area contributed by atoms with E-state index in [0.717, 1.165) is 109 Å². The zero-order valence-electron chi connectivity index (χ0n) is 52.4. The monoisotopic (exact) mass is 1100 g/mol. The molecule has 0 N–H and O–H groups in total. The van der Waals surface area contributed by atoms with Crippen LogP contribution in [0.2, 0.25) is 0 Å². The van der Waals surface area contributed by atoms with Gasteiger partial charge in [0.25, 0.3) is 0 Å². The minimum Gasteiger partial charge on any atom is -0.462 e. The molecule has 0 rings (SSSR count). The summed E-state index contributed by atoms with van der Waals surface area (Å²) in [4.78, 5) is 38.4. The molecule has 6 nitrogen and oxygen atoms in total. The first kappa shape index (κ1) is 75.6. The summed E-state index contributed by atoms with van der Waals surface area (Å²) in [6.45, 7) is 6.52. The van der Waals surface area contributed by atoms with Gasteiger partial charge < -0.3 is 14.2 Å². The van der Waals surface area contributed by atoms with Crippen LogP contribution in [-0.2, 0) is 28.6 Å². The van der Waals surface area contributed by atoms with Gasteiger partial charge in [0.15, 0.2) is 6.10 Å². The maximum atomic E-state index is 12.9. The van der Waals surface area contributed by atoms with Crippen molar-refractivity contribution in [2.75, 3.05) is 13.2 Å². The predicted molar refractivity (Wildman–Crippen MR) is 344 cm³/mol. The van der Waals surface area contributed by atoms with Gasteiger partial charge in [-0.15, -0.1) is 0 Å². The van der Waals surface area contributed by atoms with Crippen LogP contribution in [-0.4, -0.2) is 37.2 Å².